The van der Waals surface area contributed by atoms with Gasteiger partial charge in [-0.3, -0.25) is 9.59 Å². The fourth-order valence-corrected chi connectivity index (χ4v) is 2.69. The number of nitrogens with one attached hydrogen (secondary N) is 2. The number of halogens is 1. The monoisotopic (exact) mass is 404 g/mol. The Morgan fingerprint density at radius 3 is 2.48 bits per heavy atom. The van der Waals surface area contributed by atoms with E-state index in [4.69, 9.17) is 4.74 Å². The van der Waals surface area contributed by atoms with Gasteiger partial charge < -0.3 is 15.4 Å². The van der Waals surface area contributed by atoms with Crippen molar-refractivity contribution in [3.63, 3.8) is 0 Å². The maximum Gasteiger partial charge on any atom is 0.255 e. The maximum atomic E-state index is 12.4. The fourth-order valence-electron chi connectivity index (χ4n) is 2.20. The lowest BCUT2D eigenvalue weighted by Crippen LogP contribution is -2.24. The number of amides is 2. The Kier molecular flexibility index (Phi) is 7.01. The Morgan fingerprint density at radius 1 is 1.04 bits per heavy atom. The van der Waals surface area contributed by atoms with E-state index in [1.54, 1.807) is 42.5 Å². The van der Waals surface area contributed by atoms with Crippen LogP contribution < -0.4 is 15.4 Å². The van der Waals surface area contributed by atoms with Crippen molar-refractivity contribution in [3.8, 4) is 5.75 Å². The van der Waals surface area contributed by atoms with Crippen molar-refractivity contribution in [2.75, 3.05) is 18.5 Å². The first-order chi connectivity index (χ1) is 12.0. The number of carbonyl (C=O) groups is 2. The first-order valence-electron chi connectivity index (χ1n) is 8.17. The van der Waals surface area contributed by atoms with Gasteiger partial charge in [0.15, 0.2) is 0 Å². The van der Waals surface area contributed by atoms with E-state index >= 15 is 0 Å². The molecule has 0 aromatic heterocycles. The van der Waals surface area contributed by atoms with Gasteiger partial charge in [0.05, 0.1) is 11.1 Å². The predicted molar refractivity (Wildman–Crippen MR) is 102 cm³/mol. The molecule has 0 spiro atoms. The molecule has 0 atom stereocenters. The first-order valence-corrected chi connectivity index (χ1v) is 8.96. The highest BCUT2D eigenvalue weighted by molar-refractivity contribution is 9.10. The van der Waals surface area contributed by atoms with Crippen LogP contribution in [0.3, 0.4) is 0 Å². The summed E-state index contributed by atoms with van der Waals surface area (Å²) in [6.45, 7) is 5.06. The van der Waals surface area contributed by atoms with Gasteiger partial charge in [-0.25, -0.2) is 0 Å². The summed E-state index contributed by atoms with van der Waals surface area (Å²) in [6, 6.07) is 12.0. The molecule has 132 valence electrons. The van der Waals surface area contributed by atoms with Crippen molar-refractivity contribution in [1.29, 1.82) is 0 Å². The third kappa shape index (κ3) is 5.32. The Labute approximate surface area is 155 Å². The van der Waals surface area contributed by atoms with E-state index in [1.165, 1.54) is 0 Å². The summed E-state index contributed by atoms with van der Waals surface area (Å²) >= 11 is 3.40. The molecule has 2 aromatic carbocycles. The number of benzene rings is 2. The van der Waals surface area contributed by atoms with E-state index in [1.807, 2.05) is 13.8 Å². The molecule has 2 N–H and O–H groups in total. The Balaban J connectivity index is 2.10. The molecule has 5 nitrogen and oxygen atoms in total. The SMILES string of the molecule is CCCNC(=O)c1cccc(NC(=O)c2ccc(OCC)c(Br)c2)c1. The minimum Gasteiger partial charge on any atom is -0.493 e. The number of rotatable bonds is 7. The highest BCUT2D eigenvalue weighted by Crippen LogP contribution is 2.26. The third-order valence-electron chi connectivity index (χ3n) is 3.41. The van der Waals surface area contributed by atoms with Crippen molar-refractivity contribution < 1.29 is 14.3 Å². The number of hydrogen-bond donors (Lipinski definition) is 2. The molecule has 6 heteroatoms. The van der Waals surface area contributed by atoms with E-state index < -0.39 is 0 Å². The second-order valence-corrected chi connectivity index (χ2v) is 6.22. The molecule has 0 unspecified atom stereocenters. The van der Waals surface area contributed by atoms with Gasteiger partial charge in [0.25, 0.3) is 11.8 Å². The van der Waals surface area contributed by atoms with Crippen LogP contribution in [-0.2, 0) is 0 Å². The van der Waals surface area contributed by atoms with Crippen LogP contribution in [0, 0.1) is 0 Å². The maximum absolute atomic E-state index is 12.4. The summed E-state index contributed by atoms with van der Waals surface area (Å²) in [4.78, 5) is 24.4. The van der Waals surface area contributed by atoms with Crippen LogP contribution in [-0.4, -0.2) is 25.0 Å². The van der Waals surface area contributed by atoms with E-state index in [0.29, 0.717) is 35.7 Å². The van der Waals surface area contributed by atoms with Crippen molar-refractivity contribution >= 4 is 33.4 Å². The normalized spacial score (nSPS) is 10.2. The van der Waals surface area contributed by atoms with Gasteiger partial charge in [0.2, 0.25) is 0 Å². The minimum atomic E-state index is -0.255. The van der Waals surface area contributed by atoms with Crippen LogP contribution in [0.4, 0.5) is 5.69 Å². The van der Waals surface area contributed by atoms with Crippen molar-refractivity contribution in [2.24, 2.45) is 0 Å². The fraction of sp³-hybridized carbons (Fsp3) is 0.263. The van der Waals surface area contributed by atoms with E-state index in [-0.39, 0.29) is 11.8 Å². The summed E-state index contributed by atoms with van der Waals surface area (Å²) in [6.07, 6.45) is 0.870. The van der Waals surface area contributed by atoms with Crippen LogP contribution in [0.5, 0.6) is 5.75 Å². The van der Waals surface area contributed by atoms with Gasteiger partial charge in [-0.1, -0.05) is 13.0 Å². The van der Waals surface area contributed by atoms with E-state index in [2.05, 4.69) is 26.6 Å². The molecule has 0 radical (unpaired) electrons. The minimum absolute atomic E-state index is 0.151. The topological polar surface area (TPSA) is 67.4 Å². The molecule has 0 aliphatic heterocycles. The van der Waals surface area contributed by atoms with Crippen molar-refractivity contribution in [3.05, 3.63) is 58.1 Å². The summed E-state index contributed by atoms with van der Waals surface area (Å²) in [7, 11) is 0. The molecule has 0 heterocycles. The Hall–Kier alpha value is -2.34. The van der Waals surface area contributed by atoms with Crippen molar-refractivity contribution in [2.45, 2.75) is 20.3 Å². The molecule has 0 bridgehead atoms. The highest BCUT2D eigenvalue weighted by Gasteiger charge is 2.11. The van der Waals surface area contributed by atoms with E-state index in [9.17, 15) is 9.59 Å². The van der Waals surface area contributed by atoms with Gasteiger partial charge >= 0.3 is 0 Å². The molecule has 0 fully saturated rings. The Morgan fingerprint density at radius 2 is 1.80 bits per heavy atom. The van der Waals surface area contributed by atoms with Crippen LogP contribution in [0.2, 0.25) is 0 Å². The molecule has 25 heavy (non-hydrogen) atoms. The second-order valence-electron chi connectivity index (χ2n) is 5.37. The van der Waals surface area contributed by atoms with E-state index in [0.717, 1.165) is 10.9 Å². The zero-order valence-electron chi connectivity index (χ0n) is 14.3. The average molecular weight is 405 g/mol. The molecule has 2 aromatic rings. The molecule has 0 saturated heterocycles. The smallest absolute Gasteiger partial charge is 0.255 e. The number of anilines is 1. The lowest BCUT2D eigenvalue weighted by Gasteiger charge is -2.10. The molecule has 0 aliphatic carbocycles. The van der Waals surface area contributed by atoms with Crippen LogP contribution >= 0.6 is 15.9 Å². The number of hydrogen-bond acceptors (Lipinski definition) is 3. The lowest BCUT2D eigenvalue weighted by molar-refractivity contribution is 0.0952. The number of carbonyl (C=O) groups excluding carboxylic acids is 2. The Bertz CT molecular complexity index is 762. The molecule has 2 rings (SSSR count). The highest BCUT2D eigenvalue weighted by atomic mass is 79.9. The summed E-state index contributed by atoms with van der Waals surface area (Å²) < 4.78 is 6.16. The van der Waals surface area contributed by atoms with Gasteiger partial charge in [-0.2, -0.15) is 0 Å². The number of ether oxygens (including phenoxy) is 1. The molecule has 0 aliphatic rings. The zero-order chi connectivity index (χ0) is 18.2. The van der Waals surface area contributed by atoms with Crippen LogP contribution in [0.1, 0.15) is 41.0 Å². The van der Waals surface area contributed by atoms with Gasteiger partial charge in [0.1, 0.15) is 5.75 Å². The second kappa shape index (κ2) is 9.22. The summed E-state index contributed by atoms with van der Waals surface area (Å²) in [5, 5.41) is 5.62. The van der Waals surface area contributed by atoms with Gasteiger partial charge in [-0.05, 0) is 65.7 Å². The average Bonchev–Trinajstić information content (AvgIpc) is 2.61. The zero-order valence-corrected chi connectivity index (χ0v) is 15.9. The standard InChI is InChI=1S/C19H21BrN2O3/c1-3-10-21-18(23)13-6-5-7-15(11-13)22-19(24)14-8-9-17(25-4-2)16(20)12-14/h5-9,11-12H,3-4,10H2,1-2H3,(H,21,23)(H,22,24). The molecule has 2 amide bonds. The predicted octanol–water partition coefficient (Wildman–Crippen LogP) is 4.24. The third-order valence-corrected chi connectivity index (χ3v) is 4.03. The van der Waals surface area contributed by atoms with Gasteiger partial charge in [-0.15, -0.1) is 0 Å². The van der Waals surface area contributed by atoms with Gasteiger partial charge in [0, 0.05) is 23.4 Å². The summed E-state index contributed by atoms with van der Waals surface area (Å²) in [5.74, 6) is 0.283. The van der Waals surface area contributed by atoms with Crippen LogP contribution in [0.15, 0.2) is 46.9 Å². The lowest BCUT2D eigenvalue weighted by atomic mass is 10.1. The summed E-state index contributed by atoms with van der Waals surface area (Å²) in [5.41, 5.74) is 1.58. The molecule has 0 saturated carbocycles. The molecular weight excluding hydrogens is 384 g/mol. The van der Waals surface area contributed by atoms with Crippen molar-refractivity contribution in [1.82, 2.24) is 5.32 Å². The quantitative estimate of drug-likeness (QED) is 0.724. The first kappa shape index (κ1) is 19.0. The van der Waals surface area contributed by atoms with Crippen LogP contribution in [0.25, 0.3) is 0 Å². The largest absolute Gasteiger partial charge is 0.493 e. The molecular formula is C19H21BrN2O3.